The summed E-state index contributed by atoms with van der Waals surface area (Å²) in [6.45, 7) is 7.97. The minimum Gasteiger partial charge on any atom is -0.373 e. The molecule has 0 unspecified atom stereocenters. The Morgan fingerprint density at radius 2 is 1.60 bits per heavy atom. The summed E-state index contributed by atoms with van der Waals surface area (Å²) >= 11 is 0. The van der Waals surface area contributed by atoms with E-state index >= 15 is 0 Å². The Hall–Kier alpha value is -1.03. The number of ether oxygens (including phenoxy) is 1. The molecule has 0 radical (unpaired) electrons. The fourth-order valence-corrected chi connectivity index (χ4v) is 2.36. The van der Waals surface area contributed by atoms with E-state index in [0.29, 0.717) is 6.42 Å². The quantitative estimate of drug-likeness (QED) is 0.640. The first-order valence-electron chi connectivity index (χ1n) is 7.02. The van der Waals surface area contributed by atoms with E-state index in [-0.39, 0.29) is 23.7 Å². The van der Waals surface area contributed by atoms with Gasteiger partial charge in [-0.2, -0.15) is 0 Å². The zero-order chi connectivity index (χ0) is 15.3. The first-order chi connectivity index (χ1) is 9.21. The molecule has 0 fully saturated rings. The molecule has 1 aromatic carbocycles. The second-order valence-corrected chi connectivity index (χ2v) is 5.98. The molecule has 0 amide bonds. The van der Waals surface area contributed by atoms with Gasteiger partial charge in [-0.05, 0) is 47.0 Å². The topological polar surface area (TPSA) is 9.23 Å². The largest absolute Gasteiger partial charge is 0.373 e. The maximum absolute atomic E-state index is 13.4. The monoisotopic (exact) mass is 288 g/mol. The number of rotatable bonds is 7. The lowest BCUT2D eigenvalue weighted by molar-refractivity contribution is -0.0614. The van der Waals surface area contributed by atoms with Gasteiger partial charge >= 0.3 is 0 Å². The van der Waals surface area contributed by atoms with Gasteiger partial charge in [0.15, 0.2) is 0 Å². The molecule has 0 aliphatic heterocycles. The van der Waals surface area contributed by atoms with Gasteiger partial charge in [-0.25, -0.2) is 13.2 Å². The molecule has 0 spiro atoms. The maximum Gasteiger partial charge on any atom is 0.132 e. The smallest absolute Gasteiger partial charge is 0.132 e. The third-order valence-electron chi connectivity index (χ3n) is 3.12. The van der Waals surface area contributed by atoms with E-state index in [0.717, 1.165) is 25.0 Å². The Morgan fingerprint density at radius 3 is 2.10 bits per heavy atom. The van der Waals surface area contributed by atoms with Gasteiger partial charge in [-0.15, -0.1) is 0 Å². The molecular formula is C16H23F3O. The van der Waals surface area contributed by atoms with Crippen molar-refractivity contribution in [3.8, 4) is 0 Å². The Kier molecular flexibility index (Phi) is 6.06. The minimum atomic E-state index is -0.879. The Balaban J connectivity index is 2.46. The van der Waals surface area contributed by atoms with Crippen molar-refractivity contribution in [3.05, 3.63) is 35.1 Å². The second kappa shape index (κ2) is 7.11. The summed E-state index contributed by atoms with van der Waals surface area (Å²) in [6, 6.07) is 1.45. The summed E-state index contributed by atoms with van der Waals surface area (Å²) in [7, 11) is 0. The molecule has 4 heteroatoms. The lowest BCUT2D eigenvalue weighted by Crippen LogP contribution is -2.27. The van der Waals surface area contributed by atoms with Crippen LogP contribution in [0.1, 0.15) is 52.5 Å². The summed E-state index contributed by atoms with van der Waals surface area (Å²) in [5.41, 5.74) is -0.275. The van der Waals surface area contributed by atoms with Crippen LogP contribution in [0.2, 0.25) is 0 Å². The van der Waals surface area contributed by atoms with Crippen molar-refractivity contribution in [2.45, 2.75) is 65.1 Å². The third-order valence-corrected chi connectivity index (χ3v) is 3.12. The van der Waals surface area contributed by atoms with E-state index in [1.807, 2.05) is 27.7 Å². The lowest BCUT2D eigenvalue weighted by Gasteiger charge is -2.27. The van der Waals surface area contributed by atoms with Crippen LogP contribution >= 0.6 is 0 Å². The molecule has 0 N–H and O–H groups in total. The van der Waals surface area contributed by atoms with E-state index in [1.54, 1.807) is 0 Å². The van der Waals surface area contributed by atoms with Crippen molar-refractivity contribution >= 4 is 0 Å². The number of hydrogen-bond donors (Lipinski definition) is 0. The second-order valence-electron chi connectivity index (χ2n) is 5.98. The van der Waals surface area contributed by atoms with Crippen molar-refractivity contribution in [2.75, 3.05) is 0 Å². The molecule has 1 aromatic rings. The molecule has 0 atom stereocenters. The summed E-state index contributed by atoms with van der Waals surface area (Å²) < 4.78 is 45.4. The molecule has 0 aliphatic carbocycles. The molecule has 0 saturated carbocycles. The van der Waals surface area contributed by atoms with Gasteiger partial charge in [-0.1, -0.05) is 6.42 Å². The van der Waals surface area contributed by atoms with Crippen molar-refractivity contribution < 1.29 is 17.9 Å². The molecule has 0 aromatic heterocycles. The molecule has 1 rings (SSSR count). The number of halogens is 3. The van der Waals surface area contributed by atoms with Crippen LogP contribution in [0.25, 0.3) is 0 Å². The van der Waals surface area contributed by atoms with Crippen LogP contribution in [0, 0.1) is 17.5 Å². The summed E-state index contributed by atoms with van der Waals surface area (Å²) in [4.78, 5) is 0. The molecule has 0 bridgehead atoms. The van der Waals surface area contributed by atoms with E-state index in [2.05, 4.69) is 0 Å². The molecular weight excluding hydrogens is 265 g/mol. The third kappa shape index (κ3) is 5.53. The predicted octanol–water partition coefficient (Wildman–Crippen LogP) is 5.02. The van der Waals surface area contributed by atoms with Crippen molar-refractivity contribution in [2.24, 2.45) is 0 Å². The molecule has 114 valence electrons. The predicted molar refractivity (Wildman–Crippen MR) is 74.2 cm³/mol. The highest BCUT2D eigenvalue weighted by Crippen LogP contribution is 2.22. The van der Waals surface area contributed by atoms with Crippen LogP contribution in [0.4, 0.5) is 13.2 Å². The summed E-state index contributed by atoms with van der Waals surface area (Å²) in [6.07, 6.45) is 2.68. The van der Waals surface area contributed by atoms with Crippen LogP contribution in [0.15, 0.2) is 12.1 Å². The summed E-state index contributed by atoms with van der Waals surface area (Å²) in [5.74, 6) is -2.49. The summed E-state index contributed by atoms with van der Waals surface area (Å²) in [5, 5.41) is 0. The SMILES string of the molecule is CC(C)OC(C)(C)CCCCc1c(F)cc(F)cc1F. The van der Waals surface area contributed by atoms with E-state index < -0.39 is 17.5 Å². The van der Waals surface area contributed by atoms with Gasteiger partial charge < -0.3 is 4.74 Å². The standard InChI is InChI=1S/C16H23F3O/c1-11(2)20-16(3,4)8-6-5-7-13-14(18)9-12(17)10-15(13)19/h9-11H,5-8H2,1-4H3. The number of unbranched alkanes of at least 4 members (excludes halogenated alkanes) is 1. The van der Waals surface area contributed by atoms with Crippen LogP contribution in [-0.4, -0.2) is 11.7 Å². The van der Waals surface area contributed by atoms with E-state index in [4.69, 9.17) is 4.74 Å². The fraction of sp³-hybridized carbons (Fsp3) is 0.625. The maximum atomic E-state index is 13.4. The zero-order valence-electron chi connectivity index (χ0n) is 12.6. The van der Waals surface area contributed by atoms with E-state index in [9.17, 15) is 13.2 Å². The van der Waals surface area contributed by atoms with Gasteiger partial charge in [0.2, 0.25) is 0 Å². The van der Waals surface area contributed by atoms with Gasteiger partial charge in [-0.3, -0.25) is 0 Å². The minimum absolute atomic E-state index is 0.0333. The Morgan fingerprint density at radius 1 is 1.05 bits per heavy atom. The highest BCUT2D eigenvalue weighted by atomic mass is 19.1. The first-order valence-corrected chi connectivity index (χ1v) is 7.02. The zero-order valence-corrected chi connectivity index (χ0v) is 12.6. The van der Waals surface area contributed by atoms with Crippen LogP contribution in [0.3, 0.4) is 0 Å². The first kappa shape index (κ1) is 17.0. The average molecular weight is 288 g/mol. The number of hydrogen-bond acceptors (Lipinski definition) is 1. The van der Waals surface area contributed by atoms with Crippen molar-refractivity contribution in [1.82, 2.24) is 0 Å². The normalized spacial score (nSPS) is 12.2. The van der Waals surface area contributed by atoms with Crippen LogP contribution in [0.5, 0.6) is 0 Å². The van der Waals surface area contributed by atoms with Crippen molar-refractivity contribution in [3.63, 3.8) is 0 Å². The van der Waals surface area contributed by atoms with Crippen molar-refractivity contribution in [1.29, 1.82) is 0 Å². The molecule has 20 heavy (non-hydrogen) atoms. The average Bonchev–Trinajstić information content (AvgIpc) is 2.24. The Bertz CT molecular complexity index is 418. The van der Waals surface area contributed by atoms with Gasteiger partial charge in [0.05, 0.1) is 11.7 Å². The van der Waals surface area contributed by atoms with Crippen LogP contribution in [-0.2, 0) is 11.2 Å². The van der Waals surface area contributed by atoms with Gasteiger partial charge in [0.1, 0.15) is 17.5 Å². The highest BCUT2D eigenvalue weighted by molar-refractivity contribution is 5.20. The van der Waals surface area contributed by atoms with Gasteiger partial charge in [0, 0.05) is 17.7 Å². The molecule has 1 nitrogen and oxygen atoms in total. The number of benzene rings is 1. The van der Waals surface area contributed by atoms with E-state index in [1.165, 1.54) is 0 Å². The highest BCUT2D eigenvalue weighted by Gasteiger charge is 2.19. The molecule has 0 aliphatic rings. The van der Waals surface area contributed by atoms with Gasteiger partial charge in [0.25, 0.3) is 0 Å². The Labute approximate surface area is 119 Å². The lowest BCUT2D eigenvalue weighted by atomic mass is 9.98. The van der Waals surface area contributed by atoms with Crippen LogP contribution < -0.4 is 0 Å². The molecule has 0 saturated heterocycles. The molecule has 0 heterocycles. The fourth-order valence-electron chi connectivity index (χ4n) is 2.36.